The molecule has 0 spiro atoms. The number of hydrogen-bond acceptors (Lipinski definition) is 11. The molecular formula is C32H37ClN2O10. The van der Waals surface area contributed by atoms with Gasteiger partial charge in [0.25, 0.3) is 0 Å². The number of methoxy groups -OCH3 is 1. The summed E-state index contributed by atoms with van der Waals surface area (Å²) in [6, 6.07) is 3.90. The lowest BCUT2D eigenvalue weighted by atomic mass is 9.72. The van der Waals surface area contributed by atoms with Gasteiger partial charge in [-0.25, -0.2) is 0 Å². The van der Waals surface area contributed by atoms with E-state index in [4.69, 9.17) is 14.2 Å². The Labute approximate surface area is 266 Å². The number of carbonyl (C=O) groups excluding carboxylic acids is 3. The van der Waals surface area contributed by atoms with Gasteiger partial charge in [-0.2, -0.15) is 0 Å². The molecule has 0 amide bonds. The fourth-order valence-corrected chi connectivity index (χ4v) is 6.78. The van der Waals surface area contributed by atoms with E-state index in [0.717, 1.165) is 25.9 Å². The van der Waals surface area contributed by atoms with Crippen LogP contribution in [0.3, 0.4) is 0 Å². The molecular weight excluding hydrogens is 608 g/mol. The first-order valence-corrected chi connectivity index (χ1v) is 14.8. The highest BCUT2D eigenvalue weighted by Crippen LogP contribution is 2.52. The van der Waals surface area contributed by atoms with E-state index < -0.39 is 82.6 Å². The first-order valence-electron chi connectivity index (χ1n) is 14.8. The standard InChI is InChI=1S/C32H36N2O10.ClH/c1-15-27(36)19(33-14-34-9-4-5-10-34)11-22(43-15)44-21-13-32(41,16(2)35)12-18-24(21)31(40)26-25(29(18)38)28(37)17-7-6-8-20(42-3)23(17)30(26)39;/h6-8,14-15,19,21-22,27,36,38,40-41H,4-5,9-13H2,1-3H3;1H/t15?,19-,21-,22?,27?,32?;/m0./s1. The Kier molecular flexibility index (Phi) is 9.00. The van der Waals surface area contributed by atoms with Crippen LogP contribution in [0.1, 0.15) is 88.6 Å². The SMILES string of the molecule is COc1cccc2c1C(=O)c1c(O)c3c(c(O)c1C2=O)CC(O)(C(C)=O)C[C@@H]3OC1C[C@H](N=CN2CCCC2)C(O)C(C)O1.Cl. The van der Waals surface area contributed by atoms with Gasteiger partial charge in [0.1, 0.15) is 29.0 Å². The number of aromatic hydroxyl groups is 2. The molecule has 2 heterocycles. The van der Waals surface area contributed by atoms with Crippen LogP contribution in [0.2, 0.25) is 0 Å². The molecule has 242 valence electrons. The Balaban J connectivity index is 0.00000400. The number of hydrogen-bond donors (Lipinski definition) is 4. The van der Waals surface area contributed by atoms with Crippen molar-refractivity contribution in [3.05, 3.63) is 51.6 Å². The van der Waals surface area contributed by atoms with Gasteiger partial charge in [-0.3, -0.25) is 19.4 Å². The van der Waals surface area contributed by atoms with Crippen molar-refractivity contribution in [3.8, 4) is 17.2 Å². The van der Waals surface area contributed by atoms with Crippen LogP contribution in [0.25, 0.3) is 0 Å². The number of phenols is 2. The highest BCUT2D eigenvalue weighted by Gasteiger charge is 2.49. The summed E-state index contributed by atoms with van der Waals surface area (Å²) in [5, 5.41) is 45.4. The van der Waals surface area contributed by atoms with Gasteiger partial charge < -0.3 is 39.5 Å². The molecule has 2 fully saturated rings. The van der Waals surface area contributed by atoms with Gasteiger partial charge in [0.15, 0.2) is 17.9 Å². The third-order valence-corrected chi connectivity index (χ3v) is 9.28. The van der Waals surface area contributed by atoms with Crippen LogP contribution in [0.15, 0.2) is 23.2 Å². The van der Waals surface area contributed by atoms with Crippen LogP contribution < -0.4 is 4.74 Å². The van der Waals surface area contributed by atoms with Gasteiger partial charge in [0, 0.05) is 49.0 Å². The summed E-state index contributed by atoms with van der Waals surface area (Å²) in [7, 11) is 1.35. The van der Waals surface area contributed by atoms with Crippen molar-refractivity contribution >= 4 is 36.1 Å². The highest BCUT2D eigenvalue weighted by molar-refractivity contribution is 6.31. The highest BCUT2D eigenvalue weighted by atomic mass is 35.5. The Hall–Kier alpha value is -3.55. The Morgan fingerprint density at radius 2 is 1.80 bits per heavy atom. The fraction of sp³-hybridized carbons (Fsp3) is 0.500. The monoisotopic (exact) mass is 644 g/mol. The fourth-order valence-electron chi connectivity index (χ4n) is 6.78. The van der Waals surface area contributed by atoms with Gasteiger partial charge in [0.05, 0.1) is 48.4 Å². The Morgan fingerprint density at radius 3 is 2.47 bits per heavy atom. The number of aliphatic hydroxyl groups is 2. The molecule has 6 rings (SSSR count). The van der Waals surface area contributed by atoms with Crippen molar-refractivity contribution in [2.45, 2.75) is 82.2 Å². The van der Waals surface area contributed by atoms with E-state index >= 15 is 0 Å². The lowest BCUT2D eigenvalue weighted by Gasteiger charge is -2.42. The minimum Gasteiger partial charge on any atom is -0.507 e. The Bertz CT molecular complexity index is 1570. The molecule has 12 nitrogen and oxygen atoms in total. The molecule has 45 heavy (non-hydrogen) atoms. The molecule has 13 heteroatoms. The van der Waals surface area contributed by atoms with Crippen LogP contribution in [0, 0.1) is 0 Å². The minimum atomic E-state index is -2.01. The van der Waals surface area contributed by atoms with Crippen molar-refractivity contribution in [1.82, 2.24) is 4.90 Å². The maximum atomic E-state index is 13.8. The quantitative estimate of drug-likeness (QED) is 0.176. The third kappa shape index (κ3) is 5.48. The molecule has 0 bridgehead atoms. The summed E-state index contributed by atoms with van der Waals surface area (Å²) in [4.78, 5) is 46.8. The Morgan fingerprint density at radius 1 is 1.11 bits per heavy atom. The average Bonchev–Trinajstić information content (AvgIpc) is 3.52. The third-order valence-electron chi connectivity index (χ3n) is 9.28. The largest absolute Gasteiger partial charge is 0.507 e. The lowest BCUT2D eigenvalue weighted by Crippen LogP contribution is -2.49. The lowest BCUT2D eigenvalue weighted by molar-refractivity contribution is -0.246. The van der Waals surface area contributed by atoms with E-state index in [9.17, 15) is 34.8 Å². The number of benzene rings is 2. The second-order valence-corrected chi connectivity index (χ2v) is 12.0. The smallest absolute Gasteiger partial charge is 0.202 e. The van der Waals surface area contributed by atoms with E-state index in [2.05, 4.69) is 9.89 Å². The van der Waals surface area contributed by atoms with Gasteiger partial charge in [-0.1, -0.05) is 12.1 Å². The summed E-state index contributed by atoms with van der Waals surface area (Å²) >= 11 is 0. The van der Waals surface area contributed by atoms with Crippen LogP contribution in [0.5, 0.6) is 17.2 Å². The molecule has 0 aromatic heterocycles. The molecule has 2 aliphatic heterocycles. The normalized spacial score (nSPS) is 29.2. The van der Waals surface area contributed by atoms with Crippen LogP contribution >= 0.6 is 12.4 Å². The summed E-state index contributed by atoms with van der Waals surface area (Å²) in [6.07, 6.45) is -0.567. The van der Waals surface area contributed by atoms with Crippen molar-refractivity contribution in [2.24, 2.45) is 4.99 Å². The molecule has 2 aromatic rings. The van der Waals surface area contributed by atoms with Crippen LogP contribution in [-0.2, 0) is 20.7 Å². The summed E-state index contributed by atoms with van der Waals surface area (Å²) in [5.41, 5.74) is -2.99. The number of rotatable bonds is 6. The van der Waals surface area contributed by atoms with Gasteiger partial charge in [-0.15, -0.1) is 12.4 Å². The number of phenolic OH excluding ortho intramolecular Hbond substituents is 2. The number of halogens is 1. The molecule has 4 N–H and O–H groups in total. The van der Waals surface area contributed by atoms with Gasteiger partial charge in [0.2, 0.25) is 5.78 Å². The van der Waals surface area contributed by atoms with Gasteiger partial charge in [-0.05, 0) is 32.8 Å². The van der Waals surface area contributed by atoms with Gasteiger partial charge >= 0.3 is 0 Å². The number of Topliss-reactive ketones (excluding diaryl/α,β-unsaturated/α-hetero) is 1. The van der Waals surface area contributed by atoms with Crippen LogP contribution in [0.4, 0.5) is 0 Å². The molecule has 2 aromatic carbocycles. The van der Waals surface area contributed by atoms with Crippen molar-refractivity contribution in [3.63, 3.8) is 0 Å². The molecule has 0 saturated carbocycles. The number of carbonyl (C=O) groups is 3. The zero-order valence-corrected chi connectivity index (χ0v) is 26.0. The molecule has 2 aliphatic carbocycles. The zero-order chi connectivity index (χ0) is 31.5. The number of nitrogens with zero attached hydrogens (tertiary/aromatic N) is 2. The van der Waals surface area contributed by atoms with E-state index in [1.165, 1.54) is 32.2 Å². The van der Waals surface area contributed by atoms with Crippen molar-refractivity contribution < 1.29 is 49.0 Å². The van der Waals surface area contributed by atoms with E-state index in [0.29, 0.717) is 0 Å². The molecule has 6 atom stereocenters. The average molecular weight is 645 g/mol. The number of fused-ring (bicyclic) bond motifs is 3. The number of aliphatic hydroxyl groups excluding tert-OH is 1. The number of ether oxygens (including phenoxy) is 3. The summed E-state index contributed by atoms with van der Waals surface area (Å²) in [5.74, 6) is -3.12. The number of ketones is 3. The predicted octanol–water partition coefficient (Wildman–Crippen LogP) is 2.62. The van der Waals surface area contributed by atoms with E-state index in [1.54, 1.807) is 13.3 Å². The molecule has 4 aliphatic rings. The van der Waals surface area contributed by atoms with Crippen molar-refractivity contribution in [2.75, 3.05) is 20.2 Å². The zero-order valence-electron chi connectivity index (χ0n) is 25.2. The second kappa shape index (κ2) is 12.3. The molecule has 4 unspecified atom stereocenters. The second-order valence-electron chi connectivity index (χ2n) is 12.0. The van der Waals surface area contributed by atoms with E-state index in [-0.39, 0.29) is 53.3 Å². The summed E-state index contributed by atoms with van der Waals surface area (Å²) < 4.78 is 17.6. The first kappa shape index (κ1) is 32.8. The van der Waals surface area contributed by atoms with Crippen molar-refractivity contribution in [1.29, 1.82) is 0 Å². The first-order chi connectivity index (χ1) is 20.9. The summed E-state index contributed by atoms with van der Waals surface area (Å²) in [6.45, 7) is 4.64. The predicted molar refractivity (Wildman–Crippen MR) is 163 cm³/mol. The molecule has 2 saturated heterocycles. The maximum Gasteiger partial charge on any atom is 0.202 e. The van der Waals surface area contributed by atoms with E-state index in [1.807, 2.05) is 0 Å². The number of aliphatic imine (C=N–C) groups is 1. The molecule has 0 radical (unpaired) electrons. The maximum absolute atomic E-state index is 13.8. The topological polar surface area (TPSA) is 175 Å². The van der Waals surface area contributed by atoms with Crippen LogP contribution in [-0.4, -0.2) is 99.4 Å². The number of likely N-dealkylation sites (tertiary alicyclic amines) is 1. The minimum absolute atomic E-state index is 0.